The molecule has 0 unspecified atom stereocenters. The first-order valence-electron chi connectivity index (χ1n) is 2.17. The van der Waals surface area contributed by atoms with Crippen molar-refractivity contribution in [1.82, 2.24) is 4.03 Å². The molecule has 3 nitrogen and oxygen atoms in total. The first-order chi connectivity index (χ1) is 3.72. The topological polar surface area (TPSA) is 34.4 Å². The average Bonchev–Trinajstić information content (AvgIpc) is 1.69. The molecular weight excluding hydrogens is 171 g/mol. The van der Waals surface area contributed by atoms with Gasteiger partial charge in [0.25, 0.3) is 0 Å². The maximum absolute atomic E-state index is 10.5. The van der Waals surface area contributed by atoms with E-state index in [1.807, 2.05) is 5.82 Å². The quantitative estimate of drug-likeness (QED) is 0.448. The molecule has 0 saturated carbocycles. The molecule has 0 aromatic rings. The van der Waals surface area contributed by atoms with Crippen LogP contribution in [0.4, 0.5) is 0 Å². The Hall–Kier alpha value is -0.0505. The van der Waals surface area contributed by atoms with E-state index in [9.17, 15) is 4.79 Å². The summed E-state index contributed by atoms with van der Waals surface area (Å²) in [7, 11) is 1.62. The van der Waals surface area contributed by atoms with Crippen LogP contribution in [0.3, 0.4) is 0 Å². The van der Waals surface area contributed by atoms with Crippen molar-refractivity contribution >= 4 is 21.1 Å². The van der Waals surface area contributed by atoms with Crippen LogP contribution in [0.1, 0.15) is 6.92 Å². The van der Waals surface area contributed by atoms with Gasteiger partial charge < -0.3 is 0 Å². The molecule has 0 aliphatic rings. The van der Waals surface area contributed by atoms with Crippen molar-refractivity contribution in [2.45, 2.75) is 12.7 Å². The fourth-order valence-electron chi connectivity index (χ4n) is 0.351. The van der Waals surface area contributed by atoms with Gasteiger partial charge in [-0.25, -0.2) is 0 Å². The van der Waals surface area contributed by atoms with E-state index in [0.29, 0.717) is 0 Å². The molecule has 0 atom stereocenters. The predicted octanol–water partition coefficient (Wildman–Crippen LogP) is 0.421. The minimum absolute atomic E-state index is 0.0231. The summed E-state index contributed by atoms with van der Waals surface area (Å²) in [5.41, 5.74) is 3.72. The Bertz CT molecular complexity index is 82.1. The third kappa shape index (κ3) is 2.31. The molecule has 48 valence electrons. The molecule has 4 heteroatoms. The summed E-state index contributed by atoms with van der Waals surface area (Å²) in [5.74, 6) is 1.97. The second-order valence-electron chi connectivity index (χ2n) is 1.17. The summed E-state index contributed by atoms with van der Waals surface area (Å²) >= 11 is 0.181. The van der Waals surface area contributed by atoms with Gasteiger partial charge in [-0.1, -0.05) is 0 Å². The number of carbonyl (C=O) groups is 1. The molecule has 0 aromatic carbocycles. The standard InChI is InChI=1S/C4H9N2OSe/c1-4(7)6(5-2)8-3/h1-3H3/q-1. The van der Waals surface area contributed by atoms with Crippen LogP contribution < -0.4 is 0 Å². The summed E-state index contributed by atoms with van der Waals surface area (Å²) < 4.78 is 1.47. The number of rotatable bonds is 2. The number of amides is 1. The van der Waals surface area contributed by atoms with Crippen molar-refractivity contribution in [2.24, 2.45) is 0 Å². The zero-order valence-corrected chi connectivity index (χ0v) is 6.92. The molecule has 0 aromatic heterocycles. The normalized spacial score (nSPS) is 8.88. The van der Waals surface area contributed by atoms with Gasteiger partial charge in [0.2, 0.25) is 0 Å². The number of nitrogens with zero attached hydrogens (tertiary/aromatic N) is 2. The Morgan fingerprint density at radius 2 is 2.25 bits per heavy atom. The average molecular weight is 180 g/mol. The molecule has 8 heavy (non-hydrogen) atoms. The van der Waals surface area contributed by atoms with Crippen LogP contribution in [-0.2, 0) is 4.79 Å². The summed E-state index contributed by atoms with van der Waals surface area (Å²) in [5, 5.41) is 0. The maximum atomic E-state index is 10.5. The van der Waals surface area contributed by atoms with Crippen molar-refractivity contribution in [2.75, 3.05) is 7.05 Å². The van der Waals surface area contributed by atoms with Crippen LogP contribution in [0.25, 0.3) is 5.43 Å². The fraction of sp³-hybridized carbons (Fsp3) is 0.750. The number of hydrogen-bond acceptors (Lipinski definition) is 1. The van der Waals surface area contributed by atoms with E-state index in [0.717, 1.165) is 0 Å². The zero-order chi connectivity index (χ0) is 6.57. The van der Waals surface area contributed by atoms with Crippen LogP contribution >= 0.6 is 0 Å². The van der Waals surface area contributed by atoms with Gasteiger partial charge in [-0.05, 0) is 0 Å². The molecule has 0 aliphatic carbocycles. The Kier molecular flexibility index (Phi) is 3.87. The van der Waals surface area contributed by atoms with Crippen LogP contribution in [0, 0.1) is 0 Å². The van der Waals surface area contributed by atoms with Crippen molar-refractivity contribution in [1.29, 1.82) is 0 Å². The van der Waals surface area contributed by atoms with E-state index in [1.165, 1.54) is 10.9 Å². The first kappa shape index (κ1) is 7.95. The fourth-order valence-corrected chi connectivity index (χ4v) is 1.23. The minimum atomic E-state index is 0.0231. The molecule has 0 N–H and O–H groups in total. The summed E-state index contributed by atoms with van der Waals surface area (Å²) in [6, 6.07) is 0. The van der Waals surface area contributed by atoms with Crippen LogP contribution in [0.15, 0.2) is 0 Å². The van der Waals surface area contributed by atoms with Crippen molar-refractivity contribution < 1.29 is 4.79 Å². The molecule has 0 rings (SSSR count). The number of hydrogen-bond donors (Lipinski definition) is 0. The van der Waals surface area contributed by atoms with Gasteiger partial charge in [0.15, 0.2) is 0 Å². The summed E-state index contributed by atoms with van der Waals surface area (Å²) in [6.07, 6.45) is 0. The summed E-state index contributed by atoms with van der Waals surface area (Å²) in [4.78, 5) is 10.5. The third-order valence-corrected chi connectivity index (χ3v) is 2.23. The second kappa shape index (κ2) is 3.89. The van der Waals surface area contributed by atoms with Crippen molar-refractivity contribution in [3.63, 3.8) is 0 Å². The Morgan fingerprint density at radius 3 is 2.25 bits per heavy atom. The molecule has 0 radical (unpaired) electrons. The van der Waals surface area contributed by atoms with Crippen LogP contribution in [0.5, 0.6) is 0 Å². The van der Waals surface area contributed by atoms with Crippen LogP contribution in [-0.4, -0.2) is 32.2 Å². The SMILES string of the molecule is C[N-]N([Se]C)C(C)=O. The molecular formula is C4H9N2OSe-. The molecule has 0 saturated heterocycles. The molecule has 0 aliphatic heterocycles. The zero-order valence-electron chi connectivity index (χ0n) is 5.21. The van der Waals surface area contributed by atoms with Gasteiger partial charge in [0, 0.05) is 0 Å². The molecule has 0 bridgehead atoms. The van der Waals surface area contributed by atoms with Gasteiger partial charge in [-0.15, -0.1) is 0 Å². The van der Waals surface area contributed by atoms with E-state index < -0.39 is 0 Å². The monoisotopic (exact) mass is 181 g/mol. The number of carbonyl (C=O) groups excluding carboxylic acids is 1. The van der Waals surface area contributed by atoms with Gasteiger partial charge in [-0.2, -0.15) is 0 Å². The molecule has 1 amide bonds. The van der Waals surface area contributed by atoms with E-state index in [-0.39, 0.29) is 21.1 Å². The molecule has 0 spiro atoms. The van der Waals surface area contributed by atoms with Crippen molar-refractivity contribution in [3.05, 3.63) is 5.43 Å². The van der Waals surface area contributed by atoms with Gasteiger partial charge in [0.05, 0.1) is 0 Å². The van der Waals surface area contributed by atoms with E-state index in [1.54, 1.807) is 7.05 Å². The Balaban J connectivity index is 3.52. The Morgan fingerprint density at radius 1 is 1.75 bits per heavy atom. The summed E-state index contributed by atoms with van der Waals surface area (Å²) in [6.45, 7) is 1.51. The van der Waals surface area contributed by atoms with E-state index in [2.05, 4.69) is 5.43 Å². The van der Waals surface area contributed by atoms with Crippen LogP contribution in [0.2, 0.25) is 5.82 Å². The third-order valence-electron chi connectivity index (χ3n) is 0.624. The van der Waals surface area contributed by atoms with E-state index >= 15 is 0 Å². The molecule has 0 fully saturated rings. The van der Waals surface area contributed by atoms with Gasteiger partial charge >= 0.3 is 55.1 Å². The van der Waals surface area contributed by atoms with E-state index in [4.69, 9.17) is 0 Å². The van der Waals surface area contributed by atoms with Crippen molar-refractivity contribution in [3.8, 4) is 0 Å². The van der Waals surface area contributed by atoms with Gasteiger partial charge in [-0.3, -0.25) is 0 Å². The Labute approximate surface area is 55.8 Å². The second-order valence-corrected chi connectivity index (χ2v) is 2.67. The molecule has 0 heterocycles. The first-order valence-corrected chi connectivity index (χ1v) is 4.64. The van der Waals surface area contributed by atoms with Gasteiger partial charge in [0.1, 0.15) is 0 Å². The predicted molar refractivity (Wildman–Crippen MR) is 33.4 cm³/mol.